The van der Waals surface area contributed by atoms with Crippen LogP contribution in [0.1, 0.15) is 32.6 Å². The van der Waals surface area contributed by atoms with Crippen molar-refractivity contribution in [3.05, 3.63) is 41.7 Å². The lowest BCUT2D eigenvalue weighted by Gasteiger charge is -2.36. The second-order valence-electron chi connectivity index (χ2n) is 5.96. The summed E-state index contributed by atoms with van der Waals surface area (Å²) < 4.78 is 5.88. The maximum absolute atomic E-state index is 10.4. The third kappa shape index (κ3) is 3.39. The smallest absolute Gasteiger partial charge is 0.159 e. The second-order valence-corrected chi connectivity index (χ2v) is 6.40. The van der Waals surface area contributed by atoms with E-state index in [2.05, 4.69) is 9.97 Å². The number of ether oxygens (including phenoxy) is 1. The van der Waals surface area contributed by atoms with Crippen LogP contribution < -0.4 is 4.74 Å². The predicted molar refractivity (Wildman–Crippen MR) is 86.0 cm³/mol. The maximum Gasteiger partial charge on any atom is 0.159 e. The van der Waals surface area contributed by atoms with Gasteiger partial charge in [0.2, 0.25) is 0 Å². The molecule has 1 aromatic carbocycles. The summed E-state index contributed by atoms with van der Waals surface area (Å²) in [6.07, 6.45) is 6.81. The van der Waals surface area contributed by atoms with E-state index in [1.165, 1.54) is 0 Å². The molecule has 0 amide bonds. The van der Waals surface area contributed by atoms with Gasteiger partial charge in [0.15, 0.2) is 11.6 Å². The molecule has 1 saturated carbocycles. The molecule has 1 fully saturated rings. The Hall–Kier alpha value is -1.65. The lowest BCUT2D eigenvalue weighted by Crippen LogP contribution is -2.45. The molecule has 0 bridgehead atoms. The van der Waals surface area contributed by atoms with Gasteiger partial charge in [0.05, 0.1) is 18.0 Å². The topological polar surface area (TPSA) is 55.2 Å². The molecule has 0 saturated heterocycles. The highest BCUT2D eigenvalue weighted by Crippen LogP contribution is 2.31. The first kappa shape index (κ1) is 15.3. The van der Waals surface area contributed by atoms with Crippen LogP contribution in [-0.2, 0) is 0 Å². The molecule has 0 aliphatic heterocycles. The number of aromatic nitrogens is 2. The Kier molecular flexibility index (Phi) is 4.32. The van der Waals surface area contributed by atoms with Gasteiger partial charge < -0.3 is 9.84 Å². The van der Waals surface area contributed by atoms with Crippen molar-refractivity contribution in [1.82, 2.24) is 9.97 Å². The van der Waals surface area contributed by atoms with Crippen LogP contribution in [0.25, 0.3) is 11.4 Å². The Morgan fingerprint density at radius 1 is 1.27 bits per heavy atom. The highest BCUT2D eigenvalue weighted by Gasteiger charge is 2.36. The van der Waals surface area contributed by atoms with Crippen LogP contribution in [0.5, 0.6) is 5.75 Å². The van der Waals surface area contributed by atoms with Gasteiger partial charge >= 0.3 is 0 Å². The molecule has 0 spiro atoms. The molecule has 22 heavy (non-hydrogen) atoms. The van der Waals surface area contributed by atoms with Crippen LogP contribution >= 0.6 is 11.6 Å². The molecule has 1 aliphatic rings. The summed E-state index contributed by atoms with van der Waals surface area (Å²) in [6, 6.07) is 7.41. The molecule has 5 heteroatoms. The molecule has 1 heterocycles. The van der Waals surface area contributed by atoms with Gasteiger partial charge in [-0.15, -0.1) is 0 Å². The average Bonchev–Trinajstić information content (AvgIpc) is 2.50. The summed E-state index contributed by atoms with van der Waals surface area (Å²) in [6.45, 7) is 1.83. The van der Waals surface area contributed by atoms with Gasteiger partial charge in [-0.25, -0.2) is 9.97 Å². The first-order valence-corrected chi connectivity index (χ1v) is 7.89. The van der Waals surface area contributed by atoms with Gasteiger partial charge in [-0.05, 0) is 38.3 Å². The third-order valence-electron chi connectivity index (χ3n) is 4.08. The summed E-state index contributed by atoms with van der Waals surface area (Å²) in [5.41, 5.74) is 0.0767. The van der Waals surface area contributed by atoms with E-state index in [1.807, 2.05) is 31.2 Å². The van der Waals surface area contributed by atoms with E-state index >= 15 is 0 Å². The van der Waals surface area contributed by atoms with Gasteiger partial charge in [0, 0.05) is 10.6 Å². The molecule has 0 unspecified atom stereocenters. The van der Waals surface area contributed by atoms with Crippen LogP contribution in [0, 0.1) is 0 Å². The molecule has 4 nitrogen and oxygen atoms in total. The monoisotopic (exact) mass is 318 g/mol. The molecule has 3 rings (SSSR count). The van der Waals surface area contributed by atoms with Crippen LogP contribution in [0.4, 0.5) is 0 Å². The van der Waals surface area contributed by atoms with Gasteiger partial charge in [0.25, 0.3) is 0 Å². The molecule has 1 N–H and O–H groups in total. The largest absolute Gasteiger partial charge is 0.484 e. The lowest BCUT2D eigenvalue weighted by molar-refractivity contribution is -0.0738. The van der Waals surface area contributed by atoms with Gasteiger partial charge in [-0.1, -0.05) is 30.2 Å². The van der Waals surface area contributed by atoms with Gasteiger partial charge in [-0.2, -0.15) is 0 Å². The SMILES string of the molecule is C[C@@]1(O)CCCC[C@H]1Oc1cnc(-c2cccc(Cl)c2)nc1. The summed E-state index contributed by atoms with van der Waals surface area (Å²) in [7, 11) is 0. The number of rotatable bonds is 3. The average molecular weight is 319 g/mol. The van der Waals surface area contributed by atoms with E-state index in [0.717, 1.165) is 31.2 Å². The number of benzene rings is 1. The van der Waals surface area contributed by atoms with E-state index in [0.29, 0.717) is 16.6 Å². The molecule has 116 valence electrons. The Morgan fingerprint density at radius 2 is 2.05 bits per heavy atom. The van der Waals surface area contributed by atoms with Crippen LogP contribution in [-0.4, -0.2) is 26.8 Å². The Bertz CT molecular complexity index is 643. The van der Waals surface area contributed by atoms with Crippen molar-refractivity contribution in [2.45, 2.75) is 44.3 Å². The Morgan fingerprint density at radius 3 is 2.73 bits per heavy atom. The van der Waals surface area contributed by atoms with Crippen molar-refractivity contribution in [2.24, 2.45) is 0 Å². The molecule has 1 aromatic heterocycles. The fourth-order valence-corrected chi connectivity index (χ4v) is 2.98. The highest BCUT2D eigenvalue weighted by atomic mass is 35.5. The van der Waals surface area contributed by atoms with Crippen molar-refractivity contribution < 1.29 is 9.84 Å². The zero-order valence-corrected chi connectivity index (χ0v) is 13.3. The minimum absolute atomic E-state index is 0.207. The first-order valence-electron chi connectivity index (χ1n) is 7.52. The van der Waals surface area contributed by atoms with E-state index in [4.69, 9.17) is 16.3 Å². The van der Waals surface area contributed by atoms with Crippen molar-refractivity contribution in [1.29, 1.82) is 0 Å². The molecule has 2 atom stereocenters. The number of aliphatic hydroxyl groups is 1. The quantitative estimate of drug-likeness (QED) is 0.933. The minimum atomic E-state index is -0.788. The Balaban J connectivity index is 1.74. The summed E-state index contributed by atoms with van der Waals surface area (Å²) in [4.78, 5) is 8.65. The van der Waals surface area contributed by atoms with E-state index in [9.17, 15) is 5.11 Å². The lowest BCUT2D eigenvalue weighted by atomic mass is 9.84. The van der Waals surface area contributed by atoms with E-state index in [1.54, 1.807) is 12.4 Å². The molecule has 1 aliphatic carbocycles. The summed E-state index contributed by atoms with van der Waals surface area (Å²) in [5.74, 6) is 1.18. The fraction of sp³-hybridized carbons (Fsp3) is 0.412. The van der Waals surface area contributed by atoms with Gasteiger partial charge in [-0.3, -0.25) is 0 Å². The number of nitrogens with zero attached hydrogens (tertiary/aromatic N) is 2. The van der Waals surface area contributed by atoms with E-state index in [-0.39, 0.29) is 6.10 Å². The highest BCUT2D eigenvalue weighted by molar-refractivity contribution is 6.30. The standard InChI is InChI=1S/C17H19ClN2O2/c1-17(21)8-3-2-7-15(17)22-14-10-19-16(20-11-14)12-5-4-6-13(18)9-12/h4-6,9-11,15,21H,2-3,7-8H2,1H3/t15-,17-/m1/s1. The van der Waals surface area contributed by atoms with Crippen LogP contribution in [0.2, 0.25) is 5.02 Å². The first-order chi connectivity index (χ1) is 10.5. The number of hydrogen-bond acceptors (Lipinski definition) is 4. The molecular formula is C17H19ClN2O2. The summed E-state index contributed by atoms with van der Waals surface area (Å²) >= 11 is 5.98. The molecule has 2 aromatic rings. The molecular weight excluding hydrogens is 300 g/mol. The third-order valence-corrected chi connectivity index (χ3v) is 4.32. The fourth-order valence-electron chi connectivity index (χ4n) is 2.79. The van der Waals surface area contributed by atoms with Gasteiger partial charge in [0.1, 0.15) is 6.10 Å². The number of halogens is 1. The van der Waals surface area contributed by atoms with Crippen LogP contribution in [0.3, 0.4) is 0 Å². The van der Waals surface area contributed by atoms with E-state index < -0.39 is 5.60 Å². The molecule has 0 radical (unpaired) electrons. The van der Waals surface area contributed by atoms with Crippen molar-refractivity contribution >= 4 is 11.6 Å². The van der Waals surface area contributed by atoms with Crippen LogP contribution in [0.15, 0.2) is 36.7 Å². The van der Waals surface area contributed by atoms with Crippen molar-refractivity contribution in [3.8, 4) is 17.1 Å². The maximum atomic E-state index is 10.4. The zero-order chi connectivity index (χ0) is 15.6. The second kappa shape index (κ2) is 6.23. The zero-order valence-electron chi connectivity index (χ0n) is 12.5. The van der Waals surface area contributed by atoms with Crippen molar-refractivity contribution in [2.75, 3.05) is 0 Å². The van der Waals surface area contributed by atoms with Crippen molar-refractivity contribution in [3.63, 3.8) is 0 Å². The minimum Gasteiger partial charge on any atom is -0.484 e. The summed E-state index contributed by atoms with van der Waals surface area (Å²) in [5, 5.41) is 11.0. The normalized spacial score (nSPS) is 25.0. The predicted octanol–water partition coefficient (Wildman–Crippen LogP) is 3.87. The Labute approximate surface area is 135 Å². The number of hydrogen-bond donors (Lipinski definition) is 1.